The van der Waals surface area contributed by atoms with Crippen molar-refractivity contribution in [2.45, 2.75) is 62.6 Å². The Morgan fingerprint density at radius 3 is 2.60 bits per heavy atom. The van der Waals surface area contributed by atoms with Crippen LogP contribution in [0.2, 0.25) is 0 Å². The number of rotatable bonds is 5. The molecule has 1 aliphatic heterocycles. The molecule has 0 aromatic heterocycles. The first kappa shape index (κ1) is 14.3. The third kappa shape index (κ3) is 3.16. The molecule has 0 radical (unpaired) electrons. The van der Waals surface area contributed by atoms with Crippen LogP contribution in [0.5, 0.6) is 0 Å². The SMILES string of the molecule is COCC1CCN(C2CCC(C#N)(NC3CC3)C2)CC1. The number of hydrogen-bond acceptors (Lipinski definition) is 4. The lowest BCUT2D eigenvalue weighted by atomic mass is 9.95. The van der Waals surface area contributed by atoms with Gasteiger partial charge in [0.1, 0.15) is 5.54 Å². The van der Waals surface area contributed by atoms with Crippen molar-refractivity contribution in [3.63, 3.8) is 0 Å². The number of nitrogens with one attached hydrogen (secondary N) is 1. The van der Waals surface area contributed by atoms with Gasteiger partial charge in [0, 0.05) is 25.8 Å². The third-order valence-corrected chi connectivity index (χ3v) is 5.33. The summed E-state index contributed by atoms with van der Waals surface area (Å²) in [6, 6.07) is 3.83. The van der Waals surface area contributed by atoms with E-state index < -0.39 is 0 Å². The number of ether oxygens (including phenoxy) is 1. The standard InChI is InChI=1S/C16H27N3O/c1-20-11-13-5-8-19(9-6-13)15-4-7-16(10-15,12-17)18-14-2-3-14/h13-15,18H,2-11H2,1H3. The molecule has 1 heterocycles. The first-order valence-electron chi connectivity index (χ1n) is 8.16. The molecule has 0 spiro atoms. The van der Waals surface area contributed by atoms with Crippen molar-refractivity contribution in [1.82, 2.24) is 10.2 Å². The van der Waals surface area contributed by atoms with E-state index in [-0.39, 0.29) is 5.54 Å². The largest absolute Gasteiger partial charge is 0.384 e. The molecule has 0 amide bonds. The maximum Gasteiger partial charge on any atom is 0.108 e. The van der Waals surface area contributed by atoms with Gasteiger partial charge in [0.2, 0.25) is 0 Å². The summed E-state index contributed by atoms with van der Waals surface area (Å²) >= 11 is 0. The Hall–Kier alpha value is -0.630. The molecule has 2 unspecified atom stereocenters. The fourth-order valence-corrected chi connectivity index (χ4v) is 3.93. The van der Waals surface area contributed by atoms with E-state index in [2.05, 4.69) is 16.3 Å². The van der Waals surface area contributed by atoms with Crippen LogP contribution in [-0.4, -0.2) is 49.3 Å². The summed E-state index contributed by atoms with van der Waals surface area (Å²) in [6.07, 6.45) is 8.26. The van der Waals surface area contributed by atoms with E-state index in [0.29, 0.717) is 12.1 Å². The van der Waals surface area contributed by atoms with Gasteiger partial charge in [-0.3, -0.25) is 5.32 Å². The summed E-state index contributed by atoms with van der Waals surface area (Å²) in [6.45, 7) is 3.27. The lowest BCUT2D eigenvalue weighted by Crippen LogP contribution is -2.46. The van der Waals surface area contributed by atoms with Crippen LogP contribution >= 0.6 is 0 Å². The fourth-order valence-electron chi connectivity index (χ4n) is 3.93. The molecule has 0 aromatic rings. The van der Waals surface area contributed by atoms with E-state index in [9.17, 15) is 5.26 Å². The molecule has 3 fully saturated rings. The van der Waals surface area contributed by atoms with Crippen LogP contribution in [0.25, 0.3) is 0 Å². The minimum atomic E-state index is -0.227. The average molecular weight is 277 g/mol. The second-order valence-electron chi connectivity index (χ2n) is 6.94. The number of nitriles is 1. The summed E-state index contributed by atoms with van der Waals surface area (Å²) in [5.74, 6) is 0.739. The molecule has 3 rings (SSSR count). The molecule has 4 nitrogen and oxygen atoms in total. The van der Waals surface area contributed by atoms with Crippen LogP contribution in [0.1, 0.15) is 44.9 Å². The van der Waals surface area contributed by atoms with Crippen molar-refractivity contribution in [3.05, 3.63) is 0 Å². The maximum absolute atomic E-state index is 9.57. The van der Waals surface area contributed by atoms with E-state index in [1.165, 1.54) is 45.2 Å². The molecule has 3 aliphatic rings. The van der Waals surface area contributed by atoms with E-state index in [4.69, 9.17) is 4.74 Å². The molecule has 2 aliphatic carbocycles. The number of piperidine rings is 1. The highest BCUT2D eigenvalue weighted by Crippen LogP contribution is 2.37. The molecule has 1 saturated heterocycles. The Kier molecular flexibility index (Phi) is 4.30. The average Bonchev–Trinajstić information content (AvgIpc) is 3.18. The second-order valence-corrected chi connectivity index (χ2v) is 6.94. The molecule has 4 heteroatoms. The Morgan fingerprint density at radius 2 is 2.00 bits per heavy atom. The molecule has 2 saturated carbocycles. The number of methoxy groups -OCH3 is 1. The molecule has 0 bridgehead atoms. The molecule has 2 atom stereocenters. The van der Waals surface area contributed by atoms with Crippen LogP contribution in [0.3, 0.4) is 0 Å². The minimum Gasteiger partial charge on any atom is -0.384 e. The predicted octanol–water partition coefficient (Wildman–Crippen LogP) is 1.91. The van der Waals surface area contributed by atoms with Crippen LogP contribution in [-0.2, 0) is 4.74 Å². The third-order valence-electron chi connectivity index (χ3n) is 5.33. The molecule has 0 aromatic carbocycles. The molecular weight excluding hydrogens is 250 g/mol. The lowest BCUT2D eigenvalue weighted by molar-refractivity contribution is 0.0794. The number of likely N-dealkylation sites (tertiary alicyclic amines) is 1. The van der Waals surface area contributed by atoms with Gasteiger partial charge in [0.15, 0.2) is 0 Å². The van der Waals surface area contributed by atoms with Gasteiger partial charge >= 0.3 is 0 Å². The zero-order valence-corrected chi connectivity index (χ0v) is 12.6. The Labute approximate surface area is 122 Å². The van der Waals surface area contributed by atoms with Gasteiger partial charge in [-0.2, -0.15) is 5.26 Å². The van der Waals surface area contributed by atoms with E-state index in [1.54, 1.807) is 7.11 Å². The first-order chi connectivity index (χ1) is 9.74. The monoisotopic (exact) mass is 277 g/mol. The highest BCUT2D eigenvalue weighted by Gasteiger charge is 2.44. The Bertz CT molecular complexity index is 368. The van der Waals surface area contributed by atoms with Crippen molar-refractivity contribution >= 4 is 0 Å². The van der Waals surface area contributed by atoms with Gasteiger partial charge in [-0.25, -0.2) is 0 Å². The van der Waals surface area contributed by atoms with Gasteiger partial charge in [-0.05, 0) is 64.0 Å². The summed E-state index contributed by atoms with van der Waals surface area (Å²) in [4.78, 5) is 2.62. The Balaban J connectivity index is 1.51. The highest BCUT2D eigenvalue weighted by atomic mass is 16.5. The van der Waals surface area contributed by atoms with Crippen molar-refractivity contribution in [2.75, 3.05) is 26.8 Å². The summed E-state index contributed by atoms with van der Waals surface area (Å²) < 4.78 is 5.27. The number of hydrogen-bond donors (Lipinski definition) is 1. The zero-order valence-electron chi connectivity index (χ0n) is 12.6. The zero-order chi connectivity index (χ0) is 14.0. The highest BCUT2D eigenvalue weighted by molar-refractivity contribution is 5.15. The van der Waals surface area contributed by atoms with E-state index >= 15 is 0 Å². The minimum absolute atomic E-state index is 0.227. The predicted molar refractivity (Wildman–Crippen MR) is 78.3 cm³/mol. The number of nitrogens with zero attached hydrogens (tertiary/aromatic N) is 2. The quantitative estimate of drug-likeness (QED) is 0.834. The van der Waals surface area contributed by atoms with Crippen molar-refractivity contribution in [3.8, 4) is 6.07 Å². The Morgan fingerprint density at radius 1 is 1.25 bits per heavy atom. The van der Waals surface area contributed by atoms with Gasteiger partial charge < -0.3 is 9.64 Å². The smallest absolute Gasteiger partial charge is 0.108 e. The van der Waals surface area contributed by atoms with Crippen molar-refractivity contribution < 1.29 is 4.74 Å². The van der Waals surface area contributed by atoms with Crippen molar-refractivity contribution in [2.24, 2.45) is 5.92 Å². The second kappa shape index (κ2) is 6.01. The van der Waals surface area contributed by atoms with E-state index in [1.807, 2.05) is 0 Å². The van der Waals surface area contributed by atoms with Crippen LogP contribution in [0.15, 0.2) is 0 Å². The summed E-state index contributed by atoms with van der Waals surface area (Å²) in [5, 5.41) is 13.2. The van der Waals surface area contributed by atoms with Gasteiger partial charge in [-0.1, -0.05) is 0 Å². The molecule has 1 N–H and O–H groups in total. The molecule has 20 heavy (non-hydrogen) atoms. The van der Waals surface area contributed by atoms with Crippen LogP contribution in [0.4, 0.5) is 0 Å². The fraction of sp³-hybridized carbons (Fsp3) is 0.938. The van der Waals surface area contributed by atoms with Crippen LogP contribution < -0.4 is 5.32 Å². The van der Waals surface area contributed by atoms with Gasteiger partial charge in [0.05, 0.1) is 6.07 Å². The first-order valence-corrected chi connectivity index (χ1v) is 8.16. The molecular formula is C16H27N3O. The topological polar surface area (TPSA) is 48.3 Å². The van der Waals surface area contributed by atoms with Gasteiger partial charge in [-0.15, -0.1) is 0 Å². The normalized spacial score (nSPS) is 36.1. The lowest BCUT2D eigenvalue weighted by Gasteiger charge is -2.36. The van der Waals surface area contributed by atoms with Gasteiger partial charge in [0.25, 0.3) is 0 Å². The van der Waals surface area contributed by atoms with Crippen molar-refractivity contribution in [1.29, 1.82) is 5.26 Å². The van der Waals surface area contributed by atoms with E-state index in [0.717, 1.165) is 25.4 Å². The summed E-state index contributed by atoms with van der Waals surface area (Å²) in [7, 11) is 1.80. The van der Waals surface area contributed by atoms with Crippen LogP contribution in [0, 0.1) is 17.2 Å². The maximum atomic E-state index is 9.57. The summed E-state index contributed by atoms with van der Waals surface area (Å²) in [5.41, 5.74) is -0.227. The molecule has 112 valence electrons.